The molecule has 0 bridgehead atoms. The third kappa shape index (κ3) is 3.22. The molecule has 0 radical (unpaired) electrons. The SMILES string of the molecule is Cl.Cn1nc(-c2ccc3c(c2)CCNC3)nc1Nc1ccc2[nH]ncc2c1Cl. The molecule has 9 heteroatoms. The van der Waals surface area contributed by atoms with Gasteiger partial charge in [-0.3, -0.25) is 5.10 Å². The molecule has 3 heterocycles. The van der Waals surface area contributed by atoms with Crippen molar-refractivity contribution in [3.63, 3.8) is 0 Å². The first-order valence-electron chi connectivity index (χ1n) is 8.81. The summed E-state index contributed by atoms with van der Waals surface area (Å²) in [4.78, 5) is 4.68. The van der Waals surface area contributed by atoms with Crippen LogP contribution in [0.1, 0.15) is 11.1 Å². The van der Waals surface area contributed by atoms with Gasteiger partial charge in [0.05, 0.1) is 22.4 Å². The molecule has 3 N–H and O–H groups in total. The van der Waals surface area contributed by atoms with Gasteiger partial charge in [-0.2, -0.15) is 10.1 Å². The zero-order chi connectivity index (χ0) is 18.4. The van der Waals surface area contributed by atoms with E-state index in [9.17, 15) is 0 Å². The number of nitrogens with zero attached hydrogens (tertiary/aromatic N) is 4. The number of nitrogens with one attached hydrogen (secondary N) is 3. The standard InChI is InChI=1S/C19H18ClN7.ClH/c1-27-19(23-16-5-4-15-14(17(16)20)10-22-25-15)24-18(26-27)12-2-3-13-9-21-7-6-11(13)8-12;/h2-5,8,10,21H,6-7,9H2,1H3,(H,22,25)(H,23,24,26);1H. The van der Waals surface area contributed by atoms with E-state index in [0.717, 1.165) is 41.7 Å². The fourth-order valence-corrected chi connectivity index (χ4v) is 3.69. The number of hydrogen-bond donors (Lipinski definition) is 3. The number of aromatic nitrogens is 5. The van der Waals surface area contributed by atoms with Crippen molar-refractivity contribution >= 4 is 46.5 Å². The third-order valence-electron chi connectivity index (χ3n) is 4.92. The van der Waals surface area contributed by atoms with Crippen LogP contribution in [0, 0.1) is 0 Å². The summed E-state index contributed by atoms with van der Waals surface area (Å²) >= 11 is 6.50. The van der Waals surface area contributed by atoms with E-state index < -0.39 is 0 Å². The lowest BCUT2D eigenvalue weighted by Gasteiger charge is -2.17. The molecule has 144 valence electrons. The van der Waals surface area contributed by atoms with Crippen molar-refractivity contribution in [3.05, 3.63) is 52.7 Å². The highest BCUT2D eigenvalue weighted by molar-refractivity contribution is 6.38. The molecule has 0 saturated heterocycles. The first-order valence-corrected chi connectivity index (χ1v) is 9.19. The second-order valence-electron chi connectivity index (χ2n) is 6.68. The molecule has 0 fully saturated rings. The number of anilines is 2. The molecule has 7 nitrogen and oxygen atoms in total. The Morgan fingerprint density at radius 2 is 2.07 bits per heavy atom. The molecule has 0 saturated carbocycles. The molecule has 1 aliphatic rings. The largest absolute Gasteiger partial charge is 0.323 e. The van der Waals surface area contributed by atoms with Crippen LogP contribution in [-0.2, 0) is 20.0 Å². The van der Waals surface area contributed by atoms with Gasteiger partial charge in [-0.15, -0.1) is 17.5 Å². The van der Waals surface area contributed by atoms with Crippen molar-refractivity contribution in [2.24, 2.45) is 7.05 Å². The van der Waals surface area contributed by atoms with Crippen LogP contribution in [0.25, 0.3) is 22.3 Å². The van der Waals surface area contributed by atoms with Crippen LogP contribution in [0.2, 0.25) is 5.02 Å². The van der Waals surface area contributed by atoms with Crippen molar-refractivity contribution < 1.29 is 0 Å². The first-order chi connectivity index (χ1) is 13.2. The highest BCUT2D eigenvalue weighted by Gasteiger charge is 2.15. The first kappa shape index (κ1) is 18.7. The number of hydrogen-bond acceptors (Lipinski definition) is 5. The molecular formula is C19H19Cl2N7. The van der Waals surface area contributed by atoms with E-state index in [-0.39, 0.29) is 12.4 Å². The van der Waals surface area contributed by atoms with Crippen molar-refractivity contribution in [3.8, 4) is 11.4 Å². The smallest absolute Gasteiger partial charge is 0.225 e. The van der Waals surface area contributed by atoms with Gasteiger partial charge in [-0.1, -0.05) is 23.7 Å². The fourth-order valence-electron chi connectivity index (χ4n) is 3.43. The Hall–Kier alpha value is -2.61. The Labute approximate surface area is 172 Å². The highest BCUT2D eigenvalue weighted by atomic mass is 35.5. The summed E-state index contributed by atoms with van der Waals surface area (Å²) < 4.78 is 1.73. The highest BCUT2D eigenvalue weighted by Crippen LogP contribution is 2.32. The van der Waals surface area contributed by atoms with E-state index in [4.69, 9.17) is 11.6 Å². The zero-order valence-corrected chi connectivity index (χ0v) is 16.7. The summed E-state index contributed by atoms with van der Waals surface area (Å²) in [5.74, 6) is 1.33. The van der Waals surface area contributed by atoms with Gasteiger partial charge < -0.3 is 10.6 Å². The second kappa shape index (κ2) is 7.43. The van der Waals surface area contributed by atoms with E-state index in [1.165, 1.54) is 11.1 Å². The van der Waals surface area contributed by atoms with Crippen LogP contribution in [0.3, 0.4) is 0 Å². The maximum absolute atomic E-state index is 6.50. The minimum absolute atomic E-state index is 0. The average Bonchev–Trinajstić information content (AvgIpc) is 3.31. The molecule has 1 aliphatic heterocycles. The van der Waals surface area contributed by atoms with Crippen LogP contribution in [-0.4, -0.2) is 31.5 Å². The van der Waals surface area contributed by atoms with E-state index in [1.807, 2.05) is 19.2 Å². The summed E-state index contributed by atoms with van der Waals surface area (Å²) in [6.45, 7) is 1.93. The van der Waals surface area contributed by atoms with Crippen LogP contribution in [0.15, 0.2) is 36.5 Å². The average molecular weight is 416 g/mol. The summed E-state index contributed by atoms with van der Waals surface area (Å²) in [5.41, 5.74) is 5.40. The lowest BCUT2D eigenvalue weighted by molar-refractivity contribution is 0.644. The Morgan fingerprint density at radius 3 is 2.96 bits per heavy atom. The van der Waals surface area contributed by atoms with Crippen molar-refractivity contribution in [1.29, 1.82) is 0 Å². The lowest BCUT2D eigenvalue weighted by atomic mass is 9.98. The number of H-pyrrole nitrogens is 1. The summed E-state index contributed by atoms with van der Waals surface area (Å²) in [6.07, 6.45) is 2.74. The number of benzene rings is 2. The summed E-state index contributed by atoms with van der Waals surface area (Å²) in [5, 5.41) is 19.7. The van der Waals surface area contributed by atoms with Crippen LogP contribution in [0.5, 0.6) is 0 Å². The Bertz CT molecular complexity index is 1150. The zero-order valence-electron chi connectivity index (χ0n) is 15.2. The van der Waals surface area contributed by atoms with E-state index in [1.54, 1.807) is 10.9 Å². The van der Waals surface area contributed by atoms with Gasteiger partial charge in [0, 0.05) is 24.5 Å². The van der Waals surface area contributed by atoms with Crippen LogP contribution >= 0.6 is 24.0 Å². The molecule has 2 aromatic heterocycles. The molecule has 0 amide bonds. The summed E-state index contributed by atoms with van der Waals surface area (Å²) in [6, 6.07) is 10.3. The van der Waals surface area contributed by atoms with Crippen molar-refractivity contribution in [1.82, 2.24) is 30.3 Å². The molecule has 28 heavy (non-hydrogen) atoms. The van der Waals surface area contributed by atoms with Crippen LogP contribution in [0.4, 0.5) is 11.6 Å². The number of aryl methyl sites for hydroxylation is 1. The van der Waals surface area contributed by atoms with E-state index in [2.05, 4.69) is 49.1 Å². The minimum Gasteiger partial charge on any atom is -0.323 e. The molecule has 2 aromatic carbocycles. The molecule has 0 atom stereocenters. The van der Waals surface area contributed by atoms with Gasteiger partial charge >= 0.3 is 0 Å². The normalized spacial score (nSPS) is 13.2. The van der Waals surface area contributed by atoms with Gasteiger partial charge in [0.15, 0.2) is 5.82 Å². The van der Waals surface area contributed by atoms with Gasteiger partial charge in [-0.25, -0.2) is 4.68 Å². The number of rotatable bonds is 3. The lowest BCUT2D eigenvalue weighted by Crippen LogP contribution is -2.23. The molecule has 5 rings (SSSR count). The maximum Gasteiger partial charge on any atom is 0.225 e. The Balaban J connectivity index is 0.00000192. The molecular weight excluding hydrogens is 397 g/mol. The van der Waals surface area contributed by atoms with Crippen molar-refractivity contribution in [2.45, 2.75) is 13.0 Å². The minimum atomic E-state index is 0. The van der Waals surface area contributed by atoms with Crippen LogP contribution < -0.4 is 10.6 Å². The predicted octanol–water partition coefficient (Wildman–Crippen LogP) is 3.82. The topological polar surface area (TPSA) is 83.5 Å². The molecule has 0 unspecified atom stereocenters. The molecule has 0 aliphatic carbocycles. The number of aromatic amines is 1. The second-order valence-corrected chi connectivity index (χ2v) is 7.05. The van der Waals surface area contributed by atoms with Gasteiger partial charge in [-0.05, 0) is 42.3 Å². The Kier molecular flexibility index (Phi) is 4.97. The van der Waals surface area contributed by atoms with E-state index >= 15 is 0 Å². The Morgan fingerprint density at radius 1 is 1.18 bits per heavy atom. The maximum atomic E-state index is 6.50. The predicted molar refractivity (Wildman–Crippen MR) is 113 cm³/mol. The third-order valence-corrected chi connectivity index (χ3v) is 5.33. The summed E-state index contributed by atoms with van der Waals surface area (Å²) in [7, 11) is 1.87. The quantitative estimate of drug-likeness (QED) is 0.473. The number of fused-ring (bicyclic) bond motifs is 2. The molecule has 0 spiro atoms. The van der Waals surface area contributed by atoms with Crippen molar-refractivity contribution in [2.75, 3.05) is 11.9 Å². The van der Waals surface area contributed by atoms with Gasteiger partial charge in [0.2, 0.25) is 5.95 Å². The van der Waals surface area contributed by atoms with E-state index in [0.29, 0.717) is 16.8 Å². The monoisotopic (exact) mass is 415 g/mol. The molecule has 4 aromatic rings. The number of halogens is 2. The van der Waals surface area contributed by atoms with Gasteiger partial charge in [0.25, 0.3) is 0 Å². The van der Waals surface area contributed by atoms with Gasteiger partial charge in [0.1, 0.15) is 0 Å². The fraction of sp³-hybridized carbons (Fsp3) is 0.211.